The predicted molar refractivity (Wildman–Crippen MR) is 58.0 cm³/mol. The lowest BCUT2D eigenvalue weighted by Crippen LogP contribution is -2.34. The molecule has 0 unspecified atom stereocenters. The first kappa shape index (κ1) is 12.2. The Morgan fingerprint density at radius 3 is 2.67 bits per heavy atom. The van der Waals surface area contributed by atoms with Gasteiger partial charge in [0, 0.05) is 6.04 Å². The van der Waals surface area contributed by atoms with Gasteiger partial charge in [0.1, 0.15) is 0 Å². The van der Waals surface area contributed by atoms with Gasteiger partial charge in [-0.1, -0.05) is 12.1 Å². The molecular weight excluding hydrogens is 214 g/mol. The number of nitrogens with one attached hydrogen (secondary N) is 1. The van der Waals surface area contributed by atoms with Crippen LogP contribution in [-0.4, -0.2) is 26.2 Å². The van der Waals surface area contributed by atoms with Crippen LogP contribution in [0.4, 0.5) is 0 Å². The standard InChI is InChI=1S/C10H15NO3S/c1-8-4-3-5-10(6-8)15(13,14)11-9(2)7-12/h3-6,9,11-12H,7H2,1-2H3/t9-/m1/s1. The Kier molecular flexibility index (Phi) is 3.84. The van der Waals surface area contributed by atoms with Gasteiger partial charge in [-0.05, 0) is 31.5 Å². The van der Waals surface area contributed by atoms with Crippen molar-refractivity contribution in [2.45, 2.75) is 24.8 Å². The van der Waals surface area contributed by atoms with E-state index in [2.05, 4.69) is 4.72 Å². The van der Waals surface area contributed by atoms with Crippen LogP contribution in [0.25, 0.3) is 0 Å². The average molecular weight is 229 g/mol. The van der Waals surface area contributed by atoms with Crippen molar-refractivity contribution < 1.29 is 13.5 Å². The predicted octanol–water partition coefficient (Wildman–Crippen LogP) is 0.654. The molecule has 0 radical (unpaired) electrons. The first-order chi connectivity index (χ1) is 6.95. The molecule has 0 saturated heterocycles. The molecule has 0 aliphatic carbocycles. The van der Waals surface area contributed by atoms with Crippen molar-refractivity contribution in [3.05, 3.63) is 29.8 Å². The van der Waals surface area contributed by atoms with Crippen molar-refractivity contribution in [3.63, 3.8) is 0 Å². The summed E-state index contributed by atoms with van der Waals surface area (Å²) in [5.74, 6) is 0. The third-order valence-electron chi connectivity index (χ3n) is 1.93. The molecule has 0 amide bonds. The summed E-state index contributed by atoms with van der Waals surface area (Å²) in [5, 5.41) is 8.77. The maximum atomic E-state index is 11.7. The topological polar surface area (TPSA) is 66.4 Å². The van der Waals surface area contributed by atoms with Crippen LogP contribution >= 0.6 is 0 Å². The highest BCUT2D eigenvalue weighted by atomic mass is 32.2. The van der Waals surface area contributed by atoms with Crippen molar-refractivity contribution in [2.24, 2.45) is 0 Å². The van der Waals surface area contributed by atoms with Gasteiger partial charge in [0.05, 0.1) is 11.5 Å². The zero-order valence-electron chi connectivity index (χ0n) is 8.77. The molecule has 84 valence electrons. The highest BCUT2D eigenvalue weighted by Gasteiger charge is 2.16. The smallest absolute Gasteiger partial charge is 0.240 e. The van der Waals surface area contributed by atoms with E-state index in [9.17, 15) is 8.42 Å². The Morgan fingerprint density at radius 2 is 2.13 bits per heavy atom. The molecule has 2 N–H and O–H groups in total. The van der Waals surface area contributed by atoms with Crippen LogP contribution < -0.4 is 4.72 Å². The van der Waals surface area contributed by atoms with E-state index in [0.29, 0.717) is 0 Å². The summed E-state index contributed by atoms with van der Waals surface area (Å²) >= 11 is 0. The number of aliphatic hydroxyl groups is 1. The number of aryl methyl sites for hydroxylation is 1. The quantitative estimate of drug-likeness (QED) is 0.797. The Balaban J connectivity index is 2.96. The van der Waals surface area contributed by atoms with E-state index in [1.165, 1.54) is 6.07 Å². The summed E-state index contributed by atoms with van der Waals surface area (Å²) in [5.41, 5.74) is 0.884. The Bertz CT molecular complexity index is 428. The van der Waals surface area contributed by atoms with Gasteiger partial charge in [-0.25, -0.2) is 13.1 Å². The largest absolute Gasteiger partial charge is 0.395 e. The second-order valence-corrected chi connectivity index (χ2v) is 5.24. The number of aliphatic hydroxyl groups excluding tert-OH is 1. The van der Waals surface area contributed by atoms with Crippen LogP contribution in [0.5, 0.6) is 0 Å². The first-order valence-electron chi connectivity index (χ1n) is 4.65. The van der Waals surface area contributed by atoms with Crippen molar-refractivity contribution in [2.75, 3.05) is 6.61 Å². The molecule has 1 aromatic rings. The molecule has 1 aromatic carbocycles. The van der Waals surface area contributed by atoms with Crippen molar-refractivity contribution >= 4 is 10.0 Å². The highest BCUT2D eigenvalue weighted by molar-refractivity contribution is 7.89. The van der Waals surface area contributed by atoms with E-state index in [0.717, 1.165) is 5.56 Å². The Hall–Kier alpha value is -0.910. The average Bonchev–Trinajstić information content (AvgIpc) is 2.17. The molecule has 0 fully saturated rings. The first-order valence-corrected chi connectivity index (χ1v) is 6.14. The fourth-order valence-electron chi connectivity index (χ4n) is 1.15. The van der Waals surface area contributed by atoms with Gasteiger partial charge in [0.15, 0.2) is 0 Å². The third kappa shape index (κ3) is 3.30. The van der Waals surface area contributed by atoms with E-state index >= 15 is 0 Å². The van der Waals surface area contributed by atoms with Gasteiger partial charge in [-0.15, -0.1) is 0 Å². The summed E-state index contributed by atoms with van der Waals surface area (Å²) < 4.78 is 25.8. The number of hydrogen-bond acceptors (Lipinski definition) is 3. The van der Waals surface area contributed by atoms with E-state index in [-0.39, 0.29) is 11.5 Å². The minimum atomic E-state index is -3.50. The number of rotatable bonds is 4. The molecule has 0 aliphatic rings. The molecule has 15 heavy (non-hydrogen) atoms. The summed E-state index contributed by atoms with van der Waals surface area (Å²) in [7, 11) is -3.50. The molecule has 0 aromatic heterocycles. The highest BCUT2D eigenvalue weighted by Crippen LogP contribution is 2.10. The molecule has 0 heterocycles. The summed E-state index contributed by atoms with van der Waals surface area (Å²) in [6.45, 7) is 3.22. The SMILES string of the molecule is Cc1cccc(S(=O)(=O)N[C@H](C)CO)c1. The molecule has 1 rings (SSSR count). The molecular formula is C10H15NO3S. The van der Waals surface area contributed by atoms with Crippen LogP contribution in [0.1, 0.15) is 12.5 Å². The Morgan fingerprint density at radius 1 is 1.47 bits per heavy atom. The second kappa shape index (κ2) is 4.74. The van der Waals surface area contributed by atoms with Gasteiger partial charge in [-0.2, -0.15) is 0 Å². The fraction of sp³-hybridized carbons (Fsp3) is 0.400. The lowest BCUT2D eigenvalue weighted by molar-refractivity contribution is 0.265. The molecule has 5 heteroatoms. The van der Waals surface area contributed by atoms with E-state index < -0.39 is 16.1 Å². The summed E-state index contributed by atoms with van der Waals surface area (Å²) in [6, 6.07) is 6.16. The zero-order chi connectivity index (χ0) is 11.5. The van der Waals surface area contributed by atoms with E-state index in [1.54, 1.807) is 19.1 Å². The van der Waals surface area contributed by atoms with Crippen LogP contribution in [0, 0.1) is 6.92 Å². The van der Waals surface area contributed by atoms with E-state index in [1.807, 2.05) is 13.0 Å². The molecule has 0 saturated carbocycles. The molecule has 4 nitrogen and oxygen atoms in total. The monoisotopic (exact) mass is 229 g/mol. The minimum absolute atomic E-state index is 0.217. The zero-order valence-corrected chi connectivity index (χ0v) is 9.58. The van der Waals surface area contributed by atoms with Gasteiger partial charge >= 0.3 is 0 Å². The Labute approximate surface area is 90.0 Å². The molecule has 0 spiro atoms. The number of benzene rings is 1. The van der Waals surface area contributed by atoms with Crippen molar-refractivity contribution in [1.82, 2.24) is 4.72 Å². The fourth-order valence-corrected chi connectivity index (χ4v) is 2.49. The van der Waals surface area contributed by atoms with Gasteiger partial charge < -0.3 is 5.11 Å². The molecule has 1 atom stereocenters. The third-order valence-corrected chi connectivity index (χ3v) is 3.52. The summed E-state index contributed by atoms with van der Waals surface area (Å²) in [6.07, 6.45) is 0. The van der Waals surface area contributed by atoms with Crippen molar-refractivity contribution in [1.29, 1.82) is 0 Å². The lowest BCUT2D eigenvalue weighted by Gasteiger charge is -2.11. The maximum Gasteiger partial charge on any atom is 0.240 e. The van der Waals surface area contributed by atoms with Crippen LogP contribution in [0.2, 0.25) is 0 Å². The van der Waals surface area contributed by atoms with Gasteiger partial charge in [-0.3, -0.25) is 0 Å². The molecule has 0 bridgehead atoms. The number of sulfonamides is 1. The van der Waals surface area contributed by atoms with Crippen LogP contribution in [0.15, 0.2) is 29.2 Å². The van der Waals surface area contributed by atoms with Crippen molar-refractivity contribution in [3.8, 4) is 0 Å². The van der Waals surface area contributed by atoms with Crippen LogP contribution in [-0.2, 0) is 10.0 Å². The van der Waals surface area contributed by atoms with Gasteiger partial charge in [0.2, 0.25) is 10.0 Å². The number of hydrogen-bond donors (Lipinski definition) is 2. The summed E-state index contributed by atoms with van der Waals surface area (Å²) in [4.78, 5) is 0.225. The normalized spacial score (nSPS) is 13.8. The maximum absolute atomic E-state index is 11.7. The molecule has 0 aliphatic heterocycles. The van der Waals surface area contributed by atoms with E-state index in [4.69, 9.17) is 5.11 Å². The van der Waals surface area contributed by atoms with Gasteiger partial charge in [0.25, 0.3) is 0 Å². The lowest BCUT2D eigenvalue weighted by atomic mass is 10.2. The second-order valence-electron chi connectivity index (χ2n) is 3.52. The van der Waals surface area contributed by atoms with Crippen LogP contribution in [0.3, 0.4) is 0 Å². The minimum Gasteiger partial charge on any atom is -0.395 e.